The van der Waals surface area contributed by atoms with Gasteiger partial charge in [-0.1, -0.05) is 13.0 Å². The van der Waals surface area contributed by atoms with Gasteiger partial charge in [0.1, 0.15) is 0 Å². The summed E-state index contributed by atoms with van der Waals surface area (Å²) >= 11 is 0. The molecule has 1 N–H and O–H groups in total. The highest BCUT2D eigenvalue weighted by atomic mass is 16.1. The Balaban J connectivity index is 2.43. The molecule has 0 saturated carbocycles. The zero-order valence-electron chi connectivity index (χ0n) is 8.66. The van der Waals surface area contributed by atoms with Crippen LogP contribution < -0.4 is 5.32 Å². The summed E-state index contributed by atoms with van der Waals surface area (Å²) in [4.78, 5) is 15.3. The number of nitrogens with one attached hydrogen (secondary N) is 1. The van der Waals surface area contributed by atoms with Gasteiger partial charge in [-0.15, -0.1) is 0 Å². The summed E-state index contributed by atoms with van der Waals surface area (Å²) in [7, 11) is 1.66. The molecule has 1 rings (SSSR count). The third-order valence-corrected chi connectivity index (χ3v) is 2.28. The number of amides is 1. The standard InChI is InChI=1S/C11H16N2O/c1-9(6-7-11(14)12-2)10-5-3-4-8-13-10/h3-5,8-9H,6-7H2,1-2H3,(H,12,14). The van der Waals surface area contributed by atoms with Gasteiger partial charge in [-0.2, -0.15) is 0 Å². The van der Waals surface area contributed by atoms with Gasteiger partial charge in [-0.3, -0.25) is 9.78 Å². The lowest BCUT2D eigenvalue weighted by molar-refractivity contribution is -0.120. The second-order valence-electron chi connectivity index (χ2n) is 3.37. The van der Waals surface area contributed by atoms with Crippen molar-refractivity contribution in [2.24, 2.45) is 0 Å². The lowest BCUT2D eigenvalue weighted by atomic mass is 10.0. The van der Waals surface area contributed by atoms with Crippen molar-refractivity contribution in [2.75, 3.05) is 7.05 Å². The Bertz CT molecular complexity index is 285. The van der Waals surface area contributed by atoms with E-state index in [1.54, 1.807) is 13.2 Å². The van der Waals surface area contributed by atoms with Crippen LogP contribution in [0.4, 0.5) is 0 Å². The fourth-order valence-electron chi connectivity index (χ4n) is 1.29. The van der Waals surface area contributed by atoms with E-state index in [9.17, 15) is 4.79 Å². The van der Waals surface area contributed by atoms with Crippen LogP contribution in [0.2, 0.25) is 0 Å². The minimum atomic E-state index is 0.0905. The Labute approximate surface area is 84.6 Å². The van der Waals surface area contributed by atoms with Gasteiger partial charge in [0.2, 0.25) is 5.91 Å². The molecule has 0 aromatic carbocycles. The van der Waals surface area contributed by atoms with Gasteiger partial charge in [-0.25, -0.2) is 0 Å². The molecule has 0 radical (unpaired) electrons. The lowest BCUT2D eigenvalue weighted by Gasteiger charge is -2.09. The Morgan fingerprint density at radius 2 is 2.36 bits per heavy atom. The van der Waals surface area contributed by atoms with Gasteiger partial charge in [0.15, 0.2) is 0 Å². The maximum absolute atomic E-state index is 11.0. The van der Waals surface area contributed by atoms with Gasteiger partial charge in [0.05, 0.1) is 0 Å². The van der Waals surface area contributed by atoms with E-state index in [0.29, 0.717) is 12.3 Å². The minimum absolute atomic E-state index is 0.0905. The SMILES string of the molecule is CNC(=O)CCC(C)c1ccccn1. The minimum Gasteiger partial charge on any atom is -0.359 e. The average molecular weight is 192 g/mol. The van der Waals surface area contributed by atoms with Gasteiger partial charge < -0.3 is 5.32 Å². The van der Waals surface area contributed by atoms with Crippen molar-refractivity contribution in [2.45, 2.75) is 25.7 Å². The Morgan fingerprint density at radius 1 is 1.57 bits per heavy atom. The first-order chi connectivity index (χ1) is 6.74. The van der Waals surface area contributed by atoms with E-state index < -0.39 is 0 Å². The second kappa shape index (κ2) is 5.37. The maximum atomic E-state index is 11.0. The van der Waals surface area contributed by atoms with Crippen LogP contribution in [-0.4, -0.2) is 17.9 Å². The van der Waals surface area contributed by atoms with E-state index >= 15 is 0 Å². The molecule has 1 heterocycles. The van der Waals surface area contributed by atoms with Crippen LogP contribution in [0.1, 0.15) is 31.4 Å². The molecule has 76 valence electrons. The smallest absolute Gasteiger partial charge is 0.219 e. The molecule has 0 aliphatic heterocycles. The van der Waals surface area contributed by atoms with Gasteiger partial charge in [0, 0.05) is 25.4 Å². The first-order valence-corrected chi connectivity index (χ1v) is 4.85. The van der Waals surface area contributed by atoms with Crippen molar-refractivity contribution in [3.8, 4) is 0 Å². The molecule has 0 spiro atoms. The maximum Gasteiger partial charge on any atom is 0.219 e. The number of pyridine rings is 1. The van der Waals surface area contributed by atoms with E-state index in [1.165, 1.54) is 0 Å². The van der Waals surface area contributed by atoms with Crippen molar-refractivity contribution in [1.29, 1.82) is 0 Å². The molecule has 3 nitrogen and oxygen atoms in total. The molecule has 14 heavy (non-hydrogen) atoms. The molecule has 1 unspecified atom stereocenters. The zero-order chi connectivity index (χ0) is 10.4. The summed E-state index contributed by atoms with van der Waals surface area (Å²) in [5.41, 5.74) is 1.05. The van der Waals surface area contributed by atoms with Gasteiger partial charge in [-0.05, 0) is 24.5 Å². The largest absolute Gasteiger partial charge is 0.359 e. The van der Waals surface area contributed by atoms with Crippen molar-refractivity contribution in [3.05, 3.63) is 30.1 Å². The van der Waals surface area contributed by atoms with Crippen molar-refractivity contribution < 1.29 is 4.79 Å². The quantitative estimate of drug-likeness (QED) is 0.789. The molecule has 0 aliphatic rings. The number of carbonyl (C=O) groups is 1. The zero-order valence-corrected chi connectivity index (χ0v) is 8.66. The van der Waals surface area contributed by atoms with Crippen LogP contribution in [0, 0.1) is 0 Å². The molecule has 1 aromatic rings. The molecule has 0 aliphatic carbocycles. The van der Waals surface area contributed by atoms with E-state index in [0.717, 1.165) is 12.1 Å². The predicted octanol–water partition coefficient (Wildman–Crippen LogP) is 1.71. The molecule has 0 saturated heterocycles. The van der Waals surface area contributed by atoms with Gasteiger partial charge in [0.25, 0.3) is 0 Å². The molecule has 1 atom stereocenters. The summed E-state index contributed by atoms with van der Waals surface area (Å²) in [6.07, 6.45) is 3.19. The summed E-state index contributed by atoms with van der Waals surface area (Å²) in [6, 6.07) is 5.86. The second-order valence-corrected chi connectivity index (χ2v) is 3.37. The third-order valence-electron chi connectivity index (χ3n) is 2.28. The van der Waals surface area contributed by atoms with Crippen LogP contribution in [0.15, 0.2) is 24.4 Å². The summed E-state index contributed by atoms with van der Waals surface area (Å²) in [6.45, 7) is 2.09. The van der Waals surface area contributed by atoms with Crippen LogP contribution in [0.5, 0.6) is 0 Å². The van der Waals surface area contributed by atoms with Crippen LogP contribution in [-0.2, 0) is 4.79 Å². The predicted molar refractivity (Wildman–Crippen MR) is 56.0 cm³/mol. The number of rotatable bonds is 4. The Hall–Kier alpha value is -1.38. The van der Waals surface area contributed by atoms with E-state index in [2.05, 4.69) is 17.2 Å². The highest BCUT2D eigenvalue weighted by molar-refractivity contribution is 5.75. The average Bonchev–Trinajstić information content (AvgIpc) is 2.26. The number of hydrogen-bond acceptors (Lipinski definition) is 2. The fourth-order valence-corrected chi connectivity index (χ4v) is 1.29. The highest BCUT2D eigenvalue weighted by Gasteiger charge is 2.08. The van der Waals surface area contributed by atoms with Gasteiger partial charge >= 0.3 is 0 Å². The third kappa shape index (κ3) is 3.17. The molecule has 1 aromatic heterocycles. The van der Waals surface area contributed by atoms with Crippen LogP contribution in [0.3, 0.4) is 0 Å². The highest BCUT2D eigenvalue weighted by Crippen LogP contribution is 2.17. The molecule has 0 fully saturated rings. The number of carbonyl (C=O) groups excluding carboxylic acids is 1. The van der Waals surface area contributed by atoms with E-state index in [4.69, 9.17) is 0 Å². The number of aromatic nitrogens is 1. The lowest BCUT2D eigenvalue weighted by Crippen LogP contribution is -2.17. The molecule has 3 heteroatoms. The summed E-state index contributed by atoms with van der Waals surface area (Å²) in [5, 5.41) is 2.61. The molecule has 0 bridgehead atoms. The molecular formula is C11H16N2O. The van der Waals surface area contributed by atoms with E-state index in [-0.39, 0.29) is 5.91 Å². The summed E-state index contributed by atoms with van der Waals surface area (Å²) < 4.78 is 0. The first-order valence-electron chi connectivity index (χ1n) is 4.85. The number of hydrogen-bond donors (Lipinski definition) is 1. The van der Waals surface area contributed by atoms with Crippen molar-refractivity contribution >= 4 is 5.91 Å². The van der Waals surface area contributed by atoms with Crippen LogP contribution >= 0.6 is 0 Å². The first kappa shape index (κ1) is 10.7. The molecular weight excluding hydrogens is 176 g/mol. The fraction of sp³-hybridized carbons (Fsp3) is 0.455. The van der Waals surface area contributed by atoms with Crippen LogP contribution in [0.25, 0.3) is 0 Å². The Kier molecular flexibility index (Phi) is 4.11. The monoisotopic (exact) mass is 192 g/mol. The Morgan fingerprint density at radius 3 is 2.93 bits per heavy atom. The topological polar surface area (TPSA) is 42.0 Å². The molecule has 1 amide bonds. The van der Waals surface area contributed by atoms with E-state index in [1.807, 2.05) is 18.2 Å². The van der Waals surface area contributed by atoms with Crippen molar-refractivity contribution in [1.82, 2.24) is 10.3 Å². The van der Waals surface area contributed by atoms with Crippen molar-refractivity contribution in [3.63, 3.8) is 0 Å². The number of nitrogens with zero attached hydrogens (tertiary/aromatic N) is 1. The normalized spacial score (nSPS) is 12.1. The summed E-state index contributed by atoms with van der Waals surface area (Å²) in [5.74, 6) is 0.432.